The first-order chi connectivity index (χ1) is 16.7. The van der Waals surface area contributed by atoms with Crippen molar-refractivity contribution < 1.29 is 23.7 Å². The third-order valence-corrected chi connectivity index (χ3v) is 7.00. The average Bonchev–Trinajstić information content (AvgIpc) is 3.50. The Balaban J connectivity index is 1.36. The summed E-state index contributed by atoms with van der Waals surface area (Å²) >= 11 is 1.53. The number of amides is 1. The SMILES string of the molecule is CCOc1cccc2sc(N(CCCN3CCOCC3)C(=O)Cc3ccc4c(c3)OCO4)nc12. The molecule has 2 aliphatic rings. The second-order valence-electron chi connectivity index (χ2n) is 8.25. The largest absolute Gasteiger partial charge is 0.492 e. The van der Waals surface area contributed by atoms with Gasteiger partial charge in [-0.2, -0.15) is 0 Å². The van der Waals surface area contributed by atoms with Crippen LogP contribution in [0.15, 0.2) is 36.4 Å². The standard InChI is InChI=1S/C25H29N3O5S/c1-2-31-20-5-3-6-22-24(20)26-25(34-22)28(10-4-9-27-11-13-30-14-12-27)23(29)16-18-7-8-19-21(15-18)33-17-32-19/h3,5-8,15H,2,4,9-14,16-17H2,1H3. The Hall–Kier alpha value is -2.88. The van der Waals surface area contributed by atoms with Gasteiger partial charge in [-0.25, -0.2) is 4.98 Å². The molecule has 34 heavy (non-hydrogen) atoms. The lowest BCUT2D eigenvalue weighted by atomic mass is 10.1. The molecule has 1 amide bonds. The van der Waals surface area contributed by atoms with E-state index in [0.717, 1.165) is 60.8 Å². The summed E-state index contributed by atoms with van der Waals surface area (Å²) in [6.07, 6.45) is 1.13. The zero-order valence-corrected chi connectivity index (χ0v) is 20.1. The molecule has 0 spiro atoms. The zero-order valence-electron chi connectivity index (χ0n) is 19.3. The minimum Gasteiger partial charge on any atom is -0.492 e. The van der Waals surface area contributed by atoms with Crippen molar-refractivity contribution in [3.63, 3.8) is 0 Å². The van der Waals surface area contributed by atoms with Crippen LogP contribution in [0.5, 0.6) is 17.2 Å². The van der Waals surface area contributed by atoms with Crippen LogP contribution in [-0.4, -0.2) is 68.6 Å². The predicted molar refractivity (Wildman–Crippen MR) is 131 cm³/mol. The van der Waals surface area contributed by atoms with Gasteiger partial charge in [-0.05, 0) is 43.2 Å². The number of carbonyl (C=O) groups is 1. The third-order valence-electron chi connectivity index (χ3n) is 5.95. The normalized spacial score (nSPS) is 15.6. The molecule has 2 aromatic carbocycles. The minimum absolute atomic E-state index is 0.0119. The maximum atomic E-state index is 13.5. The van der Waals surface area contributed by atoms with E-state index < -0.39 is 0 Å². The van der Waals surface area contributed by atoms with Crippen LogP contribution >= 0.6 is 11.3 Å². The Morgan fingerprint density at radius 2 is 2.03 bits per heavy atom. The van der Waals surface area contributed by atoms with Gasteiger partial charge in [0.1, 0.15) is 11.3 Å². The Bertz CT molecular complexity index is 1140. The monoisotopic (exact) mass is 483 g/mol. The van der Waals surface area contributed by atoms with E-state index in [1.165, 1.54) is 11.3 Å². The molecule has 1 aromatic heterocycles. The fraction of sp³-hybridized carbons (Fsp3) is 0.440. The van der Waals surface area contributed by atoms with Gasteiger partial charge in [0, 0.05) is 26.2 Å². The Morgan fingerprint density at radius 3 is 2.88 bits per heavy atom. The lowest BCUT2D eigenvalue weighted by Crippen LogP contribution is -2.39. The van der Waals surface area contributed by atoms with E-state index >= 15 is 0 Å². The Labute approximate surface area is 203 Å². The first kappa shape index (κ1) is 22.9. The number of hydrogen-bond acceptors (Lipinski definition) is 8. The summed E-state index contributed by atoms with van der Waals surface area (Å²) in [6, 6.07) is 11.6. The quantitative estimate of drug-likeness (QED) is 0.459. The molecular weight excluding hydrogens is 454 g/mol. The molecule has 0 bridgehead atoms. The van der Waals surface area contributed by atoms with Crippen molar-refractivity contribution in [2.24, 2.45) is 0 Å². The van der Waals surface area contributed by atoms with Gasteiger partial charge in [-0.1, -0.05) is 23.5 Å². The van der Waals surface area contributed by atoms with Crippen molar-refractivity contribution in [1.82, 2.24) is 9.88 Å². The highest BCUT2D eigenvalue weighted by atomic mass is 32.1. The lowest BCUT2D eigenvalue weighted by Gasteiger charge is -2.27. The summed E-state index contributed by atoms with van der Waals surface area (Å²) in [6.45, 7) is 7.67. The molecule has 2 aliphatic heterocycles. The summed E-state index contributed by atoms with van der Waals surface area (Å²) in [5, 5.41) is 0.704. The molecule has 3 aromatic rings. The van der Waals surface area contributed by atoms with Crippen molar-refractivity contribution in [2.45, 2.75) is 19.8 Å². The molecule has 0 saturated carbocycles. The first-order valence-corrected chi connectivity index (χ1v) is 12.5. The van der Waals surface area contributed by atoms with Crippen LogP contribution in [0.25, 0.3) is 10.2 Å². The van der Waals surface area contributed by atoms with E-state index in [1.54, 1.807) is 0 Å². The molecule has 9 heteroatoms. The summed E-state index contributed by atoms with van der Waals surface area (Å²) in [5.41, 5.74) is 1.70. The fourth-order valence-electron chi connectivity index (χ4n) is 4.22. The number of fused-ring (bicyclic) bond motifs is 2. The van der Waals surface area contributed by atoms with Crippen LogP contribution in [0.3, 0.4) is 0 Å². The van der Waals surface area contributed by atoms with Gasteiger partial charge in [0.05, 0.1) is 30.9 Å². The van der Waals surface area contributed by atoms with Gasteiger partial charge in [-0.15, -0.1) is 0 Å². The van der Waals surface area contributed by atoms with Crippen molar-refractivity contribution >= 4 is 32.6 Å². The number of nitrogens with zero attached hydrogens (tertiary/aromatic N) is 3. The number of benzene rings is 2. The molecule has 0 radical (unpaired) electrons. The zero-order chi connectivity index (χ0) is 23.3. The van der Waals surface area contributed by atoms with Crippen LogP contribution in [0.2, 0.25) is 0 Å². The number of anilines is 1. The number of rotatable bonds is 9. The predicted octanol–water partition coefficient (Wildman–Crippen LogP) is 3.72. The van der Waals surface area contributed by atoms with Gasteiger partial charge in [0.25, 0.3) is 0 Å². The number of thiazole rings is 1. The van der Waals surface area contributed by atoms with E-state index in [1.807, 2.05) is 48.2 Å². The molecule has 1 fully saturated rings. The van der Waals surface area contributed by atoms with E-state index in [2.05, 4.69) is 4.90 Å². The molecule has 1 saturated heterocycles. The highest BCUT2D eigenvalue weighted by Gasteiger charge is 2.23. The van der Waals surface area contributed by atoms with Crippen molar-refractivity contribution in [3.8, 4) is 17.2 Å². The van der Waals surface area contributed by atoms with E-state index in [4.69, 9.17) is 23.9 Å². The van der Waals surface area contributed by atoms with Crippen LogP contribution in [-0.2, 0) is 16.0 Å². The summed E-state index contributed by atoms with van der Waals surface area (Å²) < 4.78 is 23.1. The van der Waals surface area contributed by atoms with Crippen molar-refractivity contribution in [3.05, 3.63) is 42.0 Å². The van der Waals surface area contributed by atoms with Gasteiger partial charge in [-0.3, -0.25) is 14.6 Å². The maximum Gasteiger partial charge on any atom is 0.233 e. The topological polar surface area (TPSA) is 73.4 Å². The molecule has 0 N–H and O–H groups in total. The number of carbonyl (C=O) groups excluding carboxylic acids is 1. The minimum atomic E-state index is 0.0119. The van der Waals surface area contributed by atoms with E-state index in [-0.39, 0.29) is 19.1 Å². The van der Waals surface area contributed by atoms with Crippen LogP contribution in [0.1, 0.15) is 18.9 Å². The summed E-state index contributed by atoms with van der Waals surface area (Å²) in [4.78, 5) is 22.6. The summed E-state index contributed by atoms with van der Waals surface area (Å²) in [7, 11) is 0. The average molecular weight is 484 g/mol. The molecular formula is C25H29N3O5S. The highest BCUT2D eigenvalue weighted by molar-refractivity contribution is 7.22. The number of morpholine rings is 1. The fourth-order valence-corrected chi connectivity index (χ4v) is 5.25. The number of aromatic nitrogens is 1. The second kappa shape index (κ2) is 10.6. The number of para-hydroxylation sites is 1. The van der Waals surface area contributed by atoms with Gasteiger partial charge >= 0.3 is 0 Å². The molecule has 5 rings (SSSR count). The maximum absolute atomic E-state index is 13.5. The van der Waals surface area contributed by atoms with Crippen molar-refractivity contribution in [2.75, 3.05) is 57.7 Å². The molecule has 0 aliphatic carbocycles. The van der Waals surface area contributed by atoms with Gasteiger partial charge in [0.2, 0.25) is 12.7 Å². The van der Waals surface area contributed by atoms with Crippen LogP contribution in [0, 0.1) is 0 Å². The lowest BCUT2D eigenvalue weighted by molar-refractivity contribution is -0.118. The molecule has 0 atom stereocenters. The highest BCUT2D eigenvalue weighted by Crippen LogP contribution is 2.35. The van der Waals surface area contributed by atoms with E-state index in [9.17, 15) is 4.79 Å². The van der Waals surface area contributed by atoms with Gasteiger partial charge < -0.3 is 18.9 Å². The van der Waals surface area contributed by atoms with Crippen LogP contribution < -0.4 is 19.1 Å². The number of hydrogen-bond donors (Lipinski definition) is 0. The molecule has 8 nitrogen and oxygen atoms in total. The number of ether oxygens (including phenoxy) is 4. The third kappa shape index (κ3) is 5.11. The first-order valence-electron chi connectivity index (χ1n) is 11.7. The Kier molecular flexibility index (Phi) is 7.13. The molecule has 180 valence electrons. The summed E-state index contributed by atoms with van der Waals surface area (Å²) in [5.74, 6) is 2.16. The Morgan fingerprint density at radius 1 is 1.18 bits per heavy atom. The second-order valence-corrected chi connectivity index (χ2v) is 9.26. The van der Waals surface area contributed by atoms with E-state index in [0.29, 0.717) is 29.8 Å². The van der Waals surface area contributed by atoms with Crippen LogP contribution in [0.4, 0.5) is 5.13 Å². The smallest absolute Gasteiger partial charge is 0.233 e. The molecule has 0 unspecified atom stereocenters. The van der Waals surface area contributed by atoms with Crippen molar-refractivity contribution in [1.29, 1.82) is 0 Å². The van der Waals surface area contributed by atoms with Gasteiger partial charge in [0.15, 0.2) is 16.6 Å². The molecule has 3 heterocycles.